The summed E-state index contributed by atoms with van der Waals surface area (Å²) in [6, 6.07) is 0. The summed E-state index contributed by atoms with van der Waals surface area (Å²) in [5.74, 6) is 1.25. The van der Waals surface area contributed by atoms with E-state index >= 15 is 0 Å². The molecule has 1 rings (SSSR count). The Bertz CT molecular complexity index is 321. The predicted molar refractivity (Wildman–Crippen MR) is 56.0 cm³/mol. The van der Waals surface area contributed by atoms with Crippen LogP contribution in [-0.4, -0.2) is 16.4 Å². The first kappa shape index (κ1) is 9.71. The van der Waals surface area contributed by atoms with Crippen LogP contribution in [0.25, 0.3) is 6.08 Å². The zero-order valence-corrected chi connectivity index (χ0v) is 8.36. The second-order valence-corrected chi connectivity index (χ2v) is 3.15. The molecule has 0 saturated heterocycles. The van der Waals surface area contributed by atoms with Gasteiger partial charge in [-0.15, -0.1) is 0 Å². The Morgan fingerprint density at radius 3 is 2.77 bits per heavy atom. The van der Waals surface area contributed by atoms with Gasteiger partial charge >= 0.3 is 0 Å². The Kier molecular flexibility index (Phi) is 3.01. The number of aromatic nitrogens is 2. The average Bonchev–Trinajstić information content (AvgIpc) is 2.48. The van der Waals surface area contributed by atoms with Gasteiger partial charge in [-0.2, -0.15) is 5.10 Å². The van der Waals surface area contributed by atoms with Gasteiger partial charge in [-0.3, -0.25) is 0 Å². The van der Waals surface area contributed by atoms with E-state index in [1.807, 2.05) is 25.3 Å². The van der Waals surface area contributed by atoms with Crippen LogP contribution in [0, 0.1) is 0 Å². The lowest BCUT2D eigenvalue weighted by Crippen LogP contribution is -1.99. The predicted octanol–water partition coefficient (Wildman–Crippen LogP) is 2.50. The highest BCUT2D eigenvalue weighted by Crippen LogP contribution is 2.16. The van der Waals surface area contributed by atoms with Gasteiger partial charge in [0, 0.05) is 6.72 Å². The molecule has 3 nitrogen and oxygen atoms in total. The number of nitrogens with zero attached hydrogens (tertiary/aromatic N) is 3. The minimum Gasteiger partial charge on any atom is -0.235 e. The van der Waals surface area contributed by atoms with Crippen molar-refractivity contribution in [2.24, 2.45) is 5.10 Å². The Morgan fingerprint density at radius 2 is 2.31 bits per heavy atom. The number of hydrogen-bond acceptors (Lipinski definition) is 2. The van der Waals surface area contributed by atoms with Crippen molar-refractivity contribution in [2.45, 2.75) is 26.7 Å². The smallest absolute Gasteiger partial charge is 0.153 e. The zero-order valence-electron chi connectivity index (χ0n) is 8.36. The summed E-state index contributed by atoms with van der Waals surface area (Å²) in [7, 11) is 0. The lowest BCUT2D eigenvalue weighted by Gasteiger charge is -2.05. The fourth-order valence-corrected chi connectivity index (χ4v) is 1.18. The molecule has 0 fully saturated rings. The minimum atomic E-state index is 0.414. The van der Waals surface area contributed by atoms with Gasteiger partial charge in [-0.25, -0.2) is 9.66 Å². The van der Waals surface area contributed by atoms with Gasteiger partial charge in [0.25, 0.3) is 0 Å². The number of allylic oxidation sites excluding steroid dienone is 1. The molecule has 0 atom stereocenters. The topological polar surface area (TPSA) is 30.2 Å². The maximum Gasteiger partial charge on any atom is 0.153 e. The SMILES string of the molecule is C=Nn1c(C(C)C)cnc1/C=C\C. The van der Waals surface area contributed by atoms with E-state index in [0.29, 0.717) is 5.92 Å². The molecule has 0 N–H and O–H groups in total. The van der Waals surface area contributed by atoms with Gasteiger partial charge in [0.15, 0.2) is 5.82 Å². The van der Waals surface area contributed by atoms with Gasteiger partial charge in [-0.1, -0.05) is 19.9 Å². The normalized spacial score (nSPS) is 11.4. The third-order valence-electron chi connectivity index (χ3n) is 1.84. The van der Waals surface area contributed by atoms with E-state index in [1.165, 1.54) is 0 Å². The largest absolute Gasteiger partial charge is 0.235 e. The first-order chi connectivity index (χ1) is 6.20. The summed E-state index contributed by atoms with van der Waals surface area (Å²) >= 11 is 0. The summed E-state index contributed by atoms with van der Waals surface area (Å²) < 4.78 is 1.77. The molecule has 1 aromatic heterocycles. The Labute approximate surface area is 78.8 Å². The number of hydrogen-bond donors (Lipinski definition) is 0. The maximum absolute atomic E-state index is 4.24. The van der Waals surface area contributed by atoms with Gasteiger partial charge in [0.2, 0.25) is 0 Å². The van der Waals surface area contributed by atoms with Crippen LogP contribution in [-0.2, 0) is 0 Å². The van der Waals surface area contributed by atoms with Crippen molar-refractivity contribution in [1.82, 2.24) is 9.66 Å². The molecule has 0 spiro atoms. The molecule has 1 aromatic rings. The van der Waals surface area contributed by atoms with Gasteiger partial charge in [0.1, 0.15) is 0 Å². The van der Waals surface area contributed by atoms with Crippen LogP contribution >= 0.6 is 0 Å². The molecule has 0 saturated carbocycles. The van der Waals surface area contributed by atoms with E-state index in [9.17, 15) is 0 Å². The van der Waals surface area contributed by atoms with Crippen LogP contribution in [0.1, 0.15) is 38.2 Å². The molecule has 0 aromatic carbocycles. The lowest BCUT2D eigenvalue weighted by molar-refractivity contribution is 0.725. The highest BCUT2D eigenvalue weighted by molar-refractivity contribution is 5.42. The molecular formula is C10H15N3. The van der Waals surface area contributed by atoms with Crippen molar-refractivity contribution in [1.29, 1.82) is 0 Å². The van der Waals surface area contributed by atoms with Crippen LogP contribution < -0.4 is 0 Å². The monoisotopic (exact) mass is 177 g/mol. The summed E-state index contributed by atoms with van der Waals surface area (Å²) in [6.45, 7) is 9.70. The molecule has 3 heteroatoms. The van der Waals surface area contributed by atoms with E-state index in [0.717, 1.165) is 11.5 Å². The van der Waals surface area contributed by atoms with Gasteiger partial charge in [0.05, 0.1) is 11.9 Å². The molecule has 70 valence electrons. The van der Waals surface area contributed by atoms with Crippen molar-refractivity contribution in [3.63, 3.8) is 0 Å². The second kappa shape index (κ2) is 4.03. The highest BCUT2D eigenvalue weighted by Gasteiger charge is 2.08. The highest BCUT2D eigenvalue weighted by atomic mass is 15.4. The molecule has 1 heterocycles. The van der Waals surface area contributed by atoms with E-state index in [-0.39, 0.29) is 0 Å². The average molecular weight is 177 g/mol. The quantitative estimate of drug-likeness (QED) is 0.652. The molecule has 0 aliphatic carbocycles. The first-order valence-corrected chi connectivity index (χ1v) is 4.38. The zero-order chi connectivity index (χ0) is 9.84. The first-order valence-electron chi connectivity index (χ1n) is 4.38. The van der Waals surface area contributed by atoms with Crippen molar-refractivity contribution in [3.8, 4) is 0 Å². The Morgan fingerprint density at radius 1 is 1.62 bits per heavy atom. The molecule has 0 bridgehead atoms. The maximum atomic E-state index is 4.24. The van der Waals surface area contributed by atoms with Crippen LogP contribution in [0.5, 0.6) is 0 Å². The lowest BCUT2D eigenvalue weighted by atomic mass is 10.1. The molecule has 13 heavy (non-hydrogen) atoms. The van der Waals surface area contributed by atoms with E-state index in [2.05, 4.69) is 30.7 Å². The molecule has 0 aliphatic rings. The summed E-state index contributed by atoms with van der Waals surface area (Å²) in [6.07, 6.45) is 5.70. The standard InChI is InChI=1S/C10H15N3/c1-5-6-10-12-7-9(8(2)3)13(10)11-4/h5-8H,4H2,1-3H3/b6-5-. The van der Waals surface area contributed by atoms with E-state index in [4.69, 9.17) is 0 Å². The van der Waals surface area contributed by atoms with Crippen molar-refractivity contribution in [3.05, 3.63) is 23.8 Å². The molecule has 0 amide bonds. The van der Waals surface area contributed by atoms with Crippen LogP contribution in [0.3, 0.4) is 0 Å². The minimum absolute atomic E-state index is 0.414. The number of rotatable bonds is 3. The molecular weight excluding hydrogens is 162 g/mol. The van der Waals surface area contributed by atoms with Gasteiger partial charge in [-0.05, 0) is 18.9 Å². The van der Waals surface area contributed by atoms with Crippen molar-refractivity contribution < 1.29 is 0 Å². The Hall–Kier alpha value is -1.38. The summed E-state index contributed by atoms with van der Waals surface area (Å²) in [5.41, 5.74) is 1.09. The molecule has 0 unspecified atom stereocenters. The van der Waals surface area contributed by atoms with E-state index < -0.39 is 0 Å². The fourth-order valence-electron chi connectivity index (χ4n) is 1.18. The third-order valence-corrected chi connectivity index (χ3v) is 1.84. The fraction of sp³-hybridized carbons (Fsp3) is 0.400. The summed E-state index contributed by atoms with van der Waals surface area (Å²) in [5, 5.41) is 3.92. The van der Waals surface area contributed by atoms with Crippen LogP contribution in [0.2, 0.25) is 0 Å². The number of imidazole rings is 1. The summed E-state index contributed by atoms with van der Waals surface area (Å²) in [4.78, 5) is 4.24. The third kappa shape index (κ3) is 1.86. The van der Waals surface area contributed by atoms with Crippen molar-refractivity contribution >= 4 is 12.8 Å². The van der Waals surface area contributed by atoms with Gasteiger partial charge < -0.3 is 0 Å². The van der Waals surface area contributed by atoms with Crippen LogP contribution in [0.15, 0.2) is 17.4 Å². The van der Waals surface area contributed by atoms with Crippen LogP contribution in [0.4, 0.5) is 0 Å². The van der Waals surface area contributed by atoms with Crippen molar-refractivity contribution in [2.75, 3.05) is 0 Å². The van der Waals surface area contributed by atoms with E-state index in [1.54, 1.807) is 4.68 Å². The molecule has 0 radical (unpaired) electrons. The second-order valence-electron chi connectivity index (χ2n) is 3.15. The molecule has 0 aliphatic heterocycles. The Balaban J connectivity index is 3.17.